The van der Waals surface area contributed by atoms with Gasteiger partial charge in [0.2, 0.25) is 0 Å². The lowest BCUT2D eigenvalue weighted by Crippen LogP contribution is -1.89. The summed E-state index contributed by atoms with van der Waals surface area (Å²) in [4.78, 5) is 3.42. The van der Waals surface area contributed by atoms with Gasteiger partial charge in [-0.1, -0.05) is 44.0 Å². The van der Waals surface area contributed by atoms with Crippen molar-refractivity contribution in [3.05, 3.63) is 40.2 Å². The maximum atomic E-state index is 8.87. The Labute approximate surface area is 99.6 Å². The molecule has 0 saturated heterocycles. The minimum atomic E-state index is 0.598. The van der Waals surface area contributed by atoms with E-state index in [4.69, 9.17) is 11.8 Å². The summed E-state index contributed by atoms with van der Waals surface area (Å²) in [5.74, 6) is 0. The Morgan fingerprint density at radius 2 is 1.93 bits per heavy atom. The second kappa shape index (κ2) is 5.14. The summed E-state index contributed by atoms with van der Waals surface area (Å²) < 4.78 is 0. The van der Waals surface area contributed by atoms with E-state index in [0.29, 0.717) is 21.9 Å². The predicted molar refractivity (Wildman–Crippen MR) is 62.7 cm³/mol. The zero-order valence-electron chi connectivity index (χ0n) is 7.22. The molecule has 0 aliphatic carbocycles. The Kier molecular flexibility index (Phi) is 4.13. The fourth-order valence-corrected chi connectivity index (χ4v) is 2.02. The number of rotatable bonds is 2. The van der Waals surface area contributed by atoms with Crippen molar-refractivity contribution in [2.24, 2.45) is 0 Å². The predicted octanol–water partition coefficient (Wildman–Crippen LogP) is 3.90. The first-order chi connectivity index (χ1) is 6.76. The Morgan fingerprint density at radius 1 is 1.29 bits per heavy atom. The zero-order valence-corrected chi connectivity index (χ0v) is 10.4. The van der Waals surface area contributed by atoms with Gasteiger partial charge in [-0.2, -0.15) is 5.26 Å². The van der Waals surface area contributed by atoms with E-state index in [1.807, 2.05) is 0 Å². The fourth-order valence-electron chi connectivity index (χ4n) is 1.10. The van der Waals surface area contributed by atoms with Crippen molar-refractivity contribution in [1.29, 1.82) is 5.26 Å². The van der Waals surface area contributed by atoms with Crippen molar-refractivity contribution in [2.75, 3.05) is 0 Å². The van der Waals surface area contributed by atoms with Crippen LogP contribution in [0.1, 0.15) is 16.7 Å². The van der Waals surface area contributed by atoms with Crippen LogP contribution in [0.15, 0.2) is 12.1 Å². The average molecular weight is 314 g/mol. The summed E-state index contributed by atoms with van der Waals surface area (Å²) in [6.07, 6.45) is 0. The lowest BCUT2D eigenvalue weighted by Gasteiger charge is -2.04. The SMILES string of the molecule is [C-]#[N+]c1cc(CBr)c(C#N)cc1CBr. The number of hydrogen-bond acceptors (Lipinski definition) is 1. The van der Waals surface area contributed by atoms with Crippen LogP contribution >= 0.6 is 31.9 Å². The molecule has 4 heteroatoms. The van der Waals surface area contributed by atoms with Crippen LogP contribution in [-0.4, -0.2) is 0 Å². The average Bonchev–Trinajstić information content (AvgIpc) is 2.26. The molecule has 0 aliphatic heterocycles. The quantitative estimate of drug-likeness (QED) is 0.601. The van der Waals surface area contributed by atoms with Crippen LogP contribution in [0.5, 0.6) is 0 Å². The molecule has 1 rings (SSSR count). The van der Waals surface area contributed by atoms with Crippen LogP contribution in [-0.2, 0) is 10.7 Å². The molecule has 0 bridgehead atoms. The Balaban J connectivity index is 3.39. The molecule has 70 valence electrons. The van der Waals surface area contributed by atoms with Crippen molar-refractivity contribution in [3.63, 3.8) is 0 Å². The standard InChI is InChI=1S/C10H6Br2N2/c1-14-10-3-7(4-11)9(6-13)2-8(10)5-12/h2-3H,4-5H2. The van der Waals surface area contributed by atoms with E-state index in [2.05, 4.69) is 42.8 Å². The molecule has 0 spiro atoms. The van der Waals surface area contributed by atoms with Crippen molar-refractivity contribution < 1.29 is 0 Å². The monoisotopic (exact) mass is 312 g/mol. The van der Waals surface area contributed by atoms with Gasteiger partial charge >= 0.3 is 0 Å². The highest BCUT2D eigenvalue weighted by Gasteiger charge is 2.07. The smallest absolute Gasteiger partial charge is 0.191 e. The summed E-state index contributed by atoms with van der Waals surface area (Å²) in [6.45, 7) is 6.99. The van der Waals surface area contributed by atoms with Crippen LogP contribution in [0.2, 0.25) is 0 Å². The third kappa shape index (κ3) is 2.15. The van der Waals surface area contributed by atoms with E-state index < -0.39 is 0 Å². The van der Waals surface area contributed by atoms with E-state index in [1.165, 1.54) is 0 Å². The molecule has 0 radical (unpaired) electrons. The topological polar surface area (TPSA) is 28.1 Å². The van der Waals surface area contributed by atoms with E-state index in [1.54, 1.807) is 12.1 Å². The minimum absolute atomic E-state index is 0.598. The highest BCUT2D eigenvalue weighted by molar-refractivity contribution is 9.08. The maximum absolute atomic E-state index is 8.87. The number of hydrogen-bond donors (Lipinski definition) is 0. The number of nitrogens with zero attached hydrogens (tertiary/aromatic N) is 2. The summed E-state index contributed by atoms with van der Waals surface area (Å²) in [5.41, 5.74) is 2.96. The third-order valence-electron chi connectivity index (χ3n) is 1.83. The number of alkyl halides is 2. The van der Waals surface area contributed by atoms with Gasteiger partial charge in [-0.15, -0.1) is 0 Å². The first-order valence-electron chi connectivity index (χ1n) is 3.82. The van der Waals surface area contributed by atoms with Crippen LogP contribution in [0.4, 0.5) is 5.69 Å². The number of nitriles is 1. The van der Waals surface area contributed by atoms with E-state index >= 15 is 0 Å². The molecule has 0 fully saturated rings. The van der Waals surface area contributed by atoms with Gasteiger partial charge in [-0.05, 0) is 11.1 Å². The minimum Gasteiger partial charge on any atom is -0.238 e. The summed E-state index contributed by atoms with van der Waals surface area (Å²) in [6, 6.07) is 5.64. The lowest BCUT2D eigenvalue weighted by molar-refractivity contribution is 1.33. The second-order valence-electron chi connectivity index (χ2n) is 2.63. The van der Waals surface area contributed by atoms with Gasteiger partial charge in [-0.3, -0.25) is 0 Å². The molecule has 1 aromatic rings. The van der Waals surface area contributed by atoms with Gasteiger partial charge in [0.05, 0.1) is 18.2 Å². The van der Waals surface area contributed by atoms with Crippen LogP contribution in [0.3, 0.4) is 0 Å². The van der Waals surface area contributed by atoms with E-state index in [9.17, 15) is 0 Å². The zero-order chi connectivity index (χ0) is 10.6. The highest BCUT2D eigenvalue weighted by atomic mass is 79.9. The summed E-state index contributed by atoms with van der Waals surface area (Å²) in [5, 5.41) is 10.1. The van der Waals surface area contributed by atoms with Crippen molar-refractivity contribution in [3.8, 4) is 6.07 Å². The van der Waals surface area contributed by atoms with Gasteiger partial charge in [-0.25, -0.2) is 4.85 Å². The first kappa shape index (κ1) is 11.2. The largest absolute Gasteiger partial charge is 0.238 e. The van der Waals surface area contributed by atoms with Gasteiger partial charge in [0.25, 0.3) is 0 Å². The molecule has 0 aromatic heterocycles. The molecule has 0 unspecified atom stereocenters. The van der Waals surface area contributed by atoms with Crippen LogP contribution in [0.25, 0.3) is 4.85 Å². The van der Waals surface area contributed by atoms with E-state index in [0.717, 1.165) is 11.1 Å². The number of halogens is 2. The molecule has 1 aromatic carbocycles. The van der Waals surface area contributed by atoms with Gasteiger partial charge in [0.15, 0.2) is 5.69 Å². The molecular weight excluding hydrogens is 308 g/mol. The van der Waals surface area contributed by atoms with Crippen molar-refractivity contribution in [2.45, 2.75) is 10.7 Å². The molecule has 0 saturated carbocycles. The van der Waals surface area contributed by atoms with Gasteiger partial charge < -0.3 is 0 Å². The number of benzene rings is 1. The summed E-state index contributed by atoms with van der Waals surface area (Å²) >= 11 is 6.59. The third-order valence-corrected chi connectivity index (χ3v) is 3.04. The van der Waals surface area contributed by atoms with Gasteiger partial charge in [0.1, 0.15) is 0 Å². The molecule has 0 aliphatic rings. The van der Waals surface area contributed by atoms with Crippen molar-refractivity contribution >= 4 is 37.5 Å². The normalized spacial score (nSPS) is 9.14. The highest BCUT2D eigenvalue weighted by Crippen LogP contribution is 2.27. The maximum Gasteiger partial charge on any atom is 0.191 e. The Bertz CT molecular complexity index is 385. The molecule has 0 atom stereocenters. The molecule has 0 heterocycles. The molecule has 14 heavy (non-hydrogen) atoms. The molecule has 0 amide bonds. The Hall–Kier alpha value is -0.840. The van der Waals surface area contributed by atoms with Gasteiger partial charge in [0, 0.05) is 10.7 Å². The summed E-state index contributed by atoms with van der Waals surface area (Å²) in [7, 11) is 0. The van der Waals surface area contributed by atoms with Crippen LogP contribution in [0, 0.1) is 17.9 Å². The Morgan fingerprint density at radius 3 is 2.36 bits per heavy atom. The van der Waals surface area contributed by atoms with Crippen molar-refractivity contribution in [1.82, 2.24) is 0 Å². The fraction of sp³-hybridized carbons (Fsp3) is 0.200. The van der Waals surface area contributed by atoms with E-state index in [-0.39, 0.29) is 0 Å². The lowest BCUT2D eigenvalue weighted by atomic mass is 10.1. The molecule has 0 N–H and O–H groups in total. The first-order valence-corrected chi connectivity index (χ1v) is 6.06. The second-order valence-corrected chi connectivity index (χ2v) is 3.75. The molecule has 2 nitrogen and oxygen atoms in total. The molecular formula is C10H6Br2N2. The van der Waals surface area contributed by atoms with Crippen LogP contribution < -0.4 is 0 Å².